The molecule has 3 aromatic rings. The number of benzene rings is 2. The zero-order chi connectivity index (χ0) is 36.6. The molecule has 0 aliphatic carbocycles. The number of ether oxygens (including phenoxy) is 4. The molecule has 272 valence electrons. The van der Waals surface area contributed by atoms with E-state index in [4.69, 9.17) is 28.5 Å². The van der Waals surface area contributed by atoms with Gasteiger partial charge in [-0.3, -0.25) is 9.59 Å². The third kappa shape index (κ3) is 7.23. The van der Waals surface area contributed by atoms with Crippen LogP contribution in [0.3, 0.4) is 0 Å². The van der Waals surface area contributed by atoms with Crippen LogP contribution in [0.25, 0.3) is 22.3 Å². The summed E-state index contributed by atoms with van der Waals surface area (Å²) in [6.45, 7) is -1.72. The van der Waals surface area contributed by atoms with E-state index in [2.05, 4.69) is 0 Å². The largest absolute Gasteiger partial charge is 0.508 e. The number of carbonyl (C=O) groups excluding carboxylic acids is 1. The monoisotopic (exact) mass is 710 g/mol. The fourth-order valence-electron chi connectivity index (χ4n) is 5.53. The number of hydrogen-bond acceptors (Lipinski definition) is 18. The number of esters is 1. The topological polar surface area (TPSA) is 324 Å². The molecular weight excluding hydrogens is 676 g/mol. The third-order valence-electron chi connectivity index (χ3n) is 8.29. The van der Waals surface area contributed by atoms with Crippen LogP contribution in [0.5, 0.6) is 17.2 Å². The summed E-state index contributed by atoms with van der Waals surface area (Å²) in [7, 11) is 0. The Bertz CT molecular complexity index is 1760. The van der Waals surface area contributed by atoms with Gasteiger partial charge in [0, 0.05) is 17.7 Å². The molecule has 2 fully saturated rings. The zero-order valence-electron chi connectivity index (χ0n) is 25.6. The second-order valence-electron chi connectivity index (χ2n) is 11.7. The second kappa shape index (κ2) is 14.8. The molecule has 2 saturated heterocycles. The number of phenols is 2. The molecule has 2 aromatic carbocycles. The smallest absolute Gasteiger partial charge is 0.333 e. The first kappa shape index (κ1) is 36.9. The molecule has 0 amide bonds. The van der Waals surface area contributed by atoms with E-state index in [1.807, 2.05) is 0 Å². The molecule has 11 N–H and O–H groups in total. The molecular formula is C31H34O19. The van der Waals surface area contributed by atoms with Crippen LogP contribution in [0.4, 0.5) is 0 Å². The standard InChI is InChI=1S/C31H34O19/c32-8-17-22(37)25(40)27(42)29(48-17)21-16(7-15-20(24(21)39)12(34)5-14(47-15)10-1-3-11(33)4-2-10)49-31-28(43)26(41)23(38)18(50-31)9-46-19(36)6-13(35)30(44)45/h1-5,7,13,17-18,22-23,25-29,31-33,35,37-43H,6,8-9H2,(H,44,45). The molecule has 0 bridgehead atoms. The minimum atomic E-state index is -2.10. The summed E-state index contributed by atoms with van der Waals surface area (Å²) in [5.41, 5.74) is -1.43. The van der Waals surface area contributed by atoms with Gasteiger partial charge in [0.25, 0.3) is 0 Å². The van der Waals surface area contributed by atoms with E-state index in [1.54, 1.807) is 0 Å². The Morgan fingerprint density at radius 1 is 0.840 bits per heavy atom. The maximum Gasteiger partial charge on any atom is 0.333 e. The predicted molar refractivity (Wildman–Crippen MR) is 160 cm³/mol. The molecule has 2 aliphatic heterocycles. The van der Waals surface area contributed by atoms with Gasteiger partial charge in [0.1, 0.15) is 95.5 Å². The van der Waals surface area contributed by atoms with Crippen molar-refractivity contribution in [2.75, 3.05) is 13.2 Å². The Balaban J connectivity index is 1.56. The van der Waals surface area contributed by atoms with Crippen molar-refractivity contribution in [1.29, 1.82) is 0 Å². The van der Waals surface area contributed by atoms with Crippen LogP contribution in [-0.2, 0) is 23.8 Å². The summed E-state index contributed by atoms with van der Waals surface area (Å²) in [6, 6.07) is 7.50. The number of aromatic hydroxyl groups is 2. The van der Waals surface area contributed by atoms with Gasteiger partial charge in [-0.2, -0.15) is 0 Å². The van der Waals surface area contributed by atoms with Gasteiger partial charge in [0.2, 0.25) is 6.29 Å². The number of phenolic OH excluding ortho intramolecular Hbond substituents is 2. The zero-order valence-corrected chi connectivity index (χ0v) is 25.6. The van der Waals surface area contributed by atoms with Crippen LogP contribution in [0, 0.1) is 0 Å². The van der Waals surface area contributed by atoms with Gasteiger partial charge in [0.15, 0.2) is 11.5 Å². The lowest BCUT2D eigenvalue weighted by Crippen LogP contribution is -2.60. The number of rotatable bonds is 10. The van der Waals surface area contributed by atoms with Crippen molar-refractivity contribution >= 4 is 22.9 Å². The van der Waals surface area contributed by atoms with Crippen LogP contribution >= 0.6 is 0 Å². The molecule has 11 unspecified atom stereocenters. The second-order valence-corrected chi connectivity index (χ2v) is 11.7. The highest BCUT2D eigenvalue weighted by molar-refractivity contribution is 5.88. The van der Waals surface area contributed by atoms with Crippen LogP contribution < -0.4 is 10.2 Å². The molecule has 2 aliphatic rings. The van der Waals surface area contributed by atoms with Gasteiger partial charge >= 0.3 is 11.9 Å². The van der Waals surface area contributed by atoms with Crippen LogP contribution in [0.2, 0.25) is 0 Å². The van der Waals surface area contributed by atoms with Crippen LogP contribution in [0.1, 0.15) is 18.1 Å². The summed E-state index contributed by atoms with van der Waals surface area (Å²) >= 11 is 0. The SMILES string of the molecule is O=C(CC(O)C(=O)O)OCC1OC(Oc2cc3oc(-c4ccc(O)cc4)cc(=O)c3c(O)c2C2OC(CO)C(O)C(O)C2O)C(O)C(O)C1O. The van der Waals surface area contributed by atoms with Gasteiger partial charge < -0.3 is 79.5 Å². The number of carbonyl (C=O) groups is 2. The van der Waals surface area contributed by atoms with Gasteiger partial charge in [-0.15, -0.1) is 0 Å². The molecule has 1 aromatic heterocycles. The fourth-order valence-corrected chi connectivity index (χ4v) is 5.53. The van der Waals surface area contributed by atoms with E-state index in [9.17, 15) is 65.4 Å². The summed E-state index contributed by atoms with van der Waals surface area (Å²) in [5, 5.41) is 112. The van der Waals surface area contributed by atoms with Crippen molar-refractivity contribution < 1.29 is 89.1 Å². The minimum Gasteiger partial charge on any atom is -0.508 e. The number of carboxylic acid groups (broad SMARTS) is 1. The van der Waals surface area contributed by atoms with E-state index < -0.39 is 127 Å². The van der Waals surface area contributed by atoms with Gasteiger partial charge in [-0.05, 0) is 24.3 Å². The van der Waals surface area contributed by atoms with Crippen molar-refractivity contribution in [3.05, 3.63) is 52.2 Å². The lowest BCUT2D eigenvalue weighted by atomic mass is 9.89. The Kier molecular flexibility index (Phi) is 10.9. The lowest BCUT2D eigenvalue weighted by molar-refractivity contribution is -0.279. The van der Waals surface area contributed by atoms with E-state index in [-0.39, 0.29) is 17.1 Å². The molecule has 11 atom stereocenters. The third-order valence-corrected chi connectivity index (χ3v) is 8.29. The highest BCUT2D eigenvalue weighted by atomic mass is 16.7. The Morgan fingerprint density at radius 2 is 1.48 bits per heavy atom. The van der Waals surface area contributed by atoms with E-state index >= 15 is 0 Å². The lowest BCUT2D eigenvalue weighted by Gasteiger charge is -2.42. The van der Waals surface area contributed by atoms with E-state index in [1.165, 1.54) is 24.3 Å². The average molecular weight is 711 g/mol. The first-order valence-corrected chi connectivity index (χ1v) is 15.0. The van der Waals surface area contributed by atoms with Gasteiger partial charge in [0.05, 0.1) is 18.6 Å². The average Bonchev–Trinajstić information content (AvgIpc) is 3.07. The molecule has 0 saturated carbocycles. The summed E-state index contributed by atoms with van der Waals surface area (Å²) in [5.74, 6) is -4.56. The quantitative estimate of drug-likeness (QED) is 0.0931. The minimum absolute atomic E-state index is 0.0455. The van der Waals surface area contributed by atoms with Crippen molar-refractivity contribution in [3.63, 3.8) is 0 Å². The molecule has 50 heavy (non-hydrogen) atoms. The van der Waals surface area contributed by atoms with E-state index in [0.717, 1.165) is 12.1 Å². The number of hydrogen-bond donors (Lipinski definition) is 11. The molecule has 3 heterocycles. The first-order chi connectivity index (χ1) is 23.6. The fraction of sp³-hybridized carbons (Fsp3) is 0.452. The number of aliphatic hydroxyl groups excluding tert-OH is 8. The van der Waals surface area contributed by atoms with Crippen molar-refractivity contribution in [2.45, 2.75) is 73.8 Å². The maximum absolute atomic E-state index is 13.4. The molecule has 0 radical (unpaired) electrons. The summed E-state index contributed by atoms with van der Waals surface area (Å²) in [6.07, 6.45) is -21.9. The molecule has 0 spiro atoms. The number of carboxylic acids is 1. The summed E-state index contributed by atoms with van der Waals surface area (Å²) in [4.78, 5) is 36.2. The predicted octanol–water partition coefficient (Wildman–Crippen LogP) is -3.05. The molecule has 5 rings (SSSR count). The Labute approximate surface area is 279 Å². The van der Waals surface area contributed by atoms with Crippen LogP contribution in [-0.4, -0.2) is 143 Å². The van der Waals surface area contributed by atoms with Gasteiger partial charge in [-0.1, -0.05) is 0 Å². The number of fused-ring (bicyclic) bond motifs is 1. The normalized spacial score (nSPS) is 30.5. The Morgan fingerprint density at radius 3 is 2.12 bits per heavy atom. The maximum atomic E-state index is 13.4. The number of aliphatic hydroxyl groups is 8. The van der Waals surface area contributed by atoms with Crippen molar-refractivity contribution in [1.82, 2.24) is 0 Å². The number of aliphatic carboxylic acids is 1. The highest BCUT2D eigenvalue weighted by Crippen LogP contribution is 2.46. The molecule has 19 nitrogen and oxygen atoms in total. The van der Waals surface area contributed by atoms with Gasteiger partial charge in [-0.25, -0.2) is 4.79 Å². The van der Waals surface area contributed by atoms with Crippen molar-refractivity contribution in [2.24, 2.45) is 0 Å². The molecule has 19 heteroatoms. The first-order valence-electron chi connectivity index (χ1n) is 15.0. The highest BCUT2D eigenvalue weighted by Gasteiger charge is 2.49. The van der Waals surface area contributed by atoms with Crippen molar-refractivity contribution in [3.8, 4) is 28.6 Å². The Hall–Kier alpha value is -4.41. The van der Waals surface area contributed by atoms with E-state index in [0.29, 0.717) is 5.56 Å². The summed E-state index contributed by atoms with van der Waals surface area (Å²) < 4.78 is 27.7. The van der Waals surface area contributed by atoms with Crippen LogP contribution in [0.15, 0.2) is 45.6 Å².